The van der Waals surface area contributed by atoms with Gasteiger partial charge in [0.15, 0.2) is 11.5 Å². The number of H-pyrrole nitrogens is 1. The molecule has 0 bridgehead atoms. The molecule has 0 saturated heterocycles. The van der Waals surface area contributed by atoms with Crippen LogP contribution in [0.25, 0.3) is 11.2 Å². The van der Waals surface area contributed by atoms with Gasteiger partial charge in [0, 0.05) is 0 Å². The average Bonchev–Trinajstić information content (AvgIpc) is 2.81. The van der Waals surface area contributed by atoms with Crippen LogP contribution in [0.15, 0.2) is 36.9 Å². The molecule has 0 aliphatic heterocycles. The van der Waals surface area contributed by atoms with Crippen LogP contribution in [0, 0.1) is 0 Å². The van der Waals surface area contributed by atoms with Crippen molar-refractivity contribution < 1.29 is 5.11 Å². The largest absolute Gasteiger partial charge is 0.506 e. The monoisotopic (exact) mass is 227 g/mol. The van der Waals surface area contributed by atoms with E-state index in [1.54, 1.807) is 24.5 Å². The maximum absolute atomic E-state index is 9.66. The molecule has 1 aromatic carbocycles. The predicted octanol–water partition coefficient (Wildman–Crippen LogP) is 1.80. The van der Waals surface area contributed by atoms with E-state index in [4.69, 9.17) is 0 Å². The van der Waals surface area contributed by atoms with Crippen LogP contribution in [0.1, 0.15) is 0 Å². The van der Waals surface area contributed by atoms with Crippen molar-refractivity contribution in [3.8, 4) is 5.75 Å². The first kappa shape index (κ1) is 9.59. The summed E-state index contributed by atoms with van der Waals surface area (Å²) in [6.45, 7) is 0. The summed E-state index contributed by atoms with van der Waals surface area (Å²) in [6.07, 6.45) is 2.97. The highest BCUT2D eigenvalue weighted by molar-refractivity contribution is 5.85. The number of aromatic hydroxyl groups is 1. The fraction of sp³-hybridized carbons (Fsp3) is 0. The number of nitrogens with one attached hydrogen (secondary N) is 2. The standard InChI is InChI=1S/C11H9N5O/c17-8-4-2-1-3-7(8)16-11-9-10(13-5-12-9)14-6-15-11/h1-6,17H,(H2,12,13,14,15,16). The second-order valence-corrected chi connectivity index (χ2v) is 3.47. The minimum Gasteiger partial charge on any atom is -0.506 e. The summed E-state index contributed by atoms with van der Waals surface area (Å²) < 4.78 is 0. The highest BCUT2D eigenvalue weighted by Gasteiger charge is 2.07. The maximum Gasteiger partial charge on any atom is 0.182 e. The van der Waals surface area contributed by atoms with Crippen LogP contribution in [0.5, 0.6) is 5.75 Å². The molecule has 0 radical (unpaired) electrons. The molecule has 3 aromatic rings. The first-order valence-corrected chi connectivity index (χ1v) is 5.04. The zero-order valence-electron chi connectivity index (χ0n) is 8.75. The summed E-state index contributed by atoms with van der Waals surface area (Å²) in [5.41, 5.74) is 1.87. The third kappa shape index (κ3) is 1.65. The first-order chi connectivity index (χ1) is 8.34. The number of anilines is 2. The molecule has 6 nitrogen and oxygen atoms in total. The molecule has 0 fully saturated rings. The lowest BCUT2D eigenvalue weighted by molar-refractivity contribution is 0.478. The van der Waals surface area contributed by atoms with E-state index in [-0.39, 0.29) is 5.75 Å². The van der Waals surface area contributed by atoms with Gasteiger partial charge in [-0.15, -0.1) is 0 Å². The Morgan fingerprint density at radius 3 is 2.88 bits per heavy atom. The summed E-state index contributed by atoms with van der Waals surface area (Å²) >= 11 is 0. The van der Waals surface area contributed by atoms with Crippen molar-refractivity contribution in [3.63, 3.8) is 0 Å². The van der Waals surface area contributed by atoms with Crippen molar-refractivity contribution in [2.45, 2.75) is 0 Å². The molecule has 0 atom stereocenters. The van der Waals surface area contributed by atoms with E-state index >= 15 is 0 Å². The van der Waals surface area contributed by atoms with Crippen LogP contribution in [0.2, 0.25) is 0 Å². The molecule has 3 rings (SSSR count). The van der Waals surface area contributed by atoms with E-state index in [1.807, 2.05) is 6.07 Å². The molecular formula is C11H9N5O. The van der Waals surface area contributed by atoms with E-state index in [0.717, 1.165) is 0 Å². The quantitative estimate of drug-likeness (QED) is 0.581. The molecule has 0 spiro atoms. The molecule has 17 heavy (non-hydrogen) atoms. The first-order valence-electron chi connectivity index (χ1n) is 5.04. The number of nitrogens with zero attached hydrogens (tertiary/aromatic N) is 3. The van der Waals surface area contributed by atoms with Crippen molar-refractivity contribution >= 4 is 22.7 Å². The number of phenols is 1. The van der Waals surface area contributed by atoms with E-state index in [0.29, 0.717) is 22.7 Å². The number of hydrogen-bond donors (Lipinski definition) is 3. The van der Waals surface area contributed by atoms with Crippen molar-refractivity contribution in [3.05, 3.63) is 36.9 Å². The van der Waals surface area contributed by atoms with Crippen LogP contribution in [0.3, 0.4) is 0 Å². The molecule has 0 aliphatic carbocycles. The Balaban J connectivity index is 2.06. The Labute approximate surface area is 96.4 Å². The number of rotatable bonds is 2. The smallest absolute Gasteiger partial charge is 0.182 e. The molecule has 3 N–H and O–H groups in total. The lowest BCUT2D eigenvalue weighted by Gasteiger charge is -2.07. The third-order valence-electron chi connectivity index (χ3n) is 2.38. The molecule has 0 aliphatic rings. The van der Waals surface area contributed by atoms with Gasteiger partial charge in [0.2, 0.25) is 0 Å². The maximum atomic E-state index is 9.66. The van der Waals surface area contributed by atoms with Gasteiger partial charge in [-0.1, -0.05) is 12.1 Å². The van der Waals surface area contributed by atoms with Gasteiger partial charge in [-0.2, -0.15) is 0 Å². The van der Waals surface area contributed by atoms with Gasteiger partial charge in [-0.3, -0.25) is 0 Å². The van der Waals surface area contributed by atoms with Gasteiger partial charge in [0.25, 0.3) is 0 Å². The summed E-state index contributed by atoms with van der Waals surface area (Å²) in [4.78, 5) is 15.1. The highest BCUT2D eigenvalue weighted by atomic mass is 16.3. The van der Waals surface area contributed by atoms with Crippen molar-refractivity contribution in [2.75, 3.05) is 5.32 Å². The molecular weight excluding hydrogens is 218 g/mol. The van der Waals surface area contributed by atoms with Crippen LogP contribution in [-0.4, -0.2) is 25.0 Å². The minimum absolute atomic E-state index is 0.166. The molecule has 84 valence electrons. The SMILES string of the molecule is Oc1ccccc1Nc1ncnc2nc[nH]c12. The van der Waals surface area contributed by atoms with Crippen molar-refractivity contribution in [1.82, 2.24) is 19.9 Å². The van der Waals surface area contributed by atoms with Gasteiger partial charge in [0.05, 0.1) is 12.0 Å². The fourth-order valence-corrected chi connectivity index (χ4v) is 1.57. The van der Waals surface area contributed by atoms with Crippen molar-refractivity contribution in [2.24, 2.45) is 0 Å². The van der Waals surface area contributed by atoms with E-state index < -0.39 is 0 Å². The van der Waals surface area contributed by atoms with Crippen LogP contribution >= 0.6 is 0 Å². The zero-order chi connectivity index (χ0) is 11.7. The number of benzene rings is 1. The predicted molar refractivity (Wildman–Crippen MR) is 63.1 cm³/mol. The van der Waals surface area contributed by atoms with Crippen LogP contribution < -0.4 is 5.32 Å². The Kier molecular flexibility index (Phi) is 2.11. The summed E-state index contributed by atoms with van der Waals surface area (Å²) in [7, 11) is 0. The van der Waals surface area contributed by atoms with E-state index in [1.165, 1.54) is 6.33 Å². The van der Waals surface area contributed by atoms with Gasteiger partial charge < -0.3 is 15.4 Å². The van der Waals surface area contributed by atoms with Crippen molar-refractivity contribution in [1.29, 1.82) is 0 Å². The molecule has 6 heteroatoms. The fourth-order valence-electron chi connectivity index (χ4n) is 1.57. The molecule has 2 aromatic heterocycles. The van der Waals surface area contributed by atoms with E-state index in [9.17, 15) is 5.11 Å². The Hall–Kier alpha value is -2.63. The molecule has 0 amide bonds. The number of fused-ring (bicyclic) bond motifs is 1. The number of aromatic nitrogens is 4. The third-order valence-corrected chi connectivity index (χ3v) is 2.38. The second kappa shape index (κ2) is 3.75. The average molecular weight is 227 g/mol. The summed E-state index contributed by atoms with van der Waals surface area (Å²) in [6, 6.07) is 6.95. The highest BCUT2D eigenvalue weighted by Crippen LogP contribution is 2.26. The van der Waals surface area contributed by atoms with E-state index in [2.05, 4.69) is 25.3 Å². The number of hydrogen-bond acceptors (Lipinski definition) is 5. The molecule has 2 heterocycles. The number of phenolic OH excluding ortho intramolecular Hbond substituents is 1. The summed E-state index contributed by atoms with van der Waals surface area (Å²) in [5.74, 6) is 0.743. The Morgan fingerprint density at radius 2 is 2.00 bits per heavy atom. The topological polar surface area (TPSA) is 86.7 Å². The lowest BCUT2D eigenvalue weighted by Crippen LogP contribution is -1.95. The Morgan fingerprint density at radius 1 is 1.12 bits per heavy atom. The van der Waals surface area contributed by atoms with Gasteiger partial charge in [-0.25, -0.2) is 15.0 Å². The zero-order valence-corrected chi connectivity index (χ0v) is 8.75. The number of para-hydroxylation sites is 2. The summed E-state index contributed by atoms with van der Waals surface area (Å²) in [5, 5.41) is 12.7. The second-order valence-electron chi connectivity index (χ2n) is 3.47. The van der Waals surface area contributed by atoms with Crippen LogP contribution in [-0.2, 0) is 0 Å². The minimum atomic E-state index is 0.166. The molecule has 0 unspecified atom stereocenters. The van der Waals surface area contributed by atoms with Gasteiger partial charge in [-0.05, 0) is 12.1 Å². The van der Waals surface area contributed by atoms with Gasteiger partial charge in [0.1, 0.15) is 17.6 Å². The Bertz CT molecular complexity index is 664. The van der Waals surface area contributed by atoms with Gasteiger partial charge >= 0.3 is 0 Å². The molecule has 0 saturated carbocycles. The van der Waals surface area contributed by atoms with Crippen LogP contribution in [0.4, 0.5) is 11.5 Å². The number of aromatic amines is 1. The normalized spacial score (nSPS) is 10.6. The number of imidazole rings is 1. The lowest BCUT2D eigenvalue weighted by atomic mass is 10.3.